The van der Waals surface area contributed by atoms with E-state index < -0.39 is 0 Å². The van der Waals surface area contributed by atoms with Crippen LogP contribution < -0.4 is 10.2 Å². The predicted octanol–water partition coefficient (Wildman–Crippen LogP) is 3.98. The Labute approximate surface area is 130 Å². The van der Waals surface area contributed by atoms with Crippen molar-refractivity contribution in [1.82, 2.24) is 0 Å². The summed E-state index contributed by atoms with van der Waals surface area (Å²) >= 11 is 6.10. The Balaban J connectivity index is 1.98. The smallest absolute Gasteiger partial charge is 0.224 e. The molecular formula is C17H19ClN2O. The summed E-state index contributed by atoms with van der Waals surface area (Å²) in [5, 5.41) is 3.67. The summed E-state index contributed by atoms with van der Waals surface area (Å²) in [7, 11) is 3.91. The lowest BCUT2D eigenvalue weighted by Crippen LogP contribution is -2.16. The van der Waals surface area contributed by atoms with E-state index in [1.165, 1.54) is 0 Å². The molecule has 2 aromatic carbocycles. The maximum Gasteiger partial charge on any atom is 0.224 e. The number of aryl methyl sites for hydroxylation is 1. The topological polar surface area (TPSA) is 32.3 Å². The SMILES string of the molecule is CN(C)c1ccccc1NC(=O)CCc1ccccc1Cl. The van der Waals surface area contributed by atoms with Crippen LogP contribution in [0.2, 0.25) is 5.02 Å². The van der Waals surface area contributed by atoms with Crippen LogP contribution in [0.4, 0.5) is 11.4 Å². The zero-order chi connectivity index (χ0) is 15.2. The van der Waals surface area contributed by atoms with Gasteiger partial charge in [-0.05, 0) is 30.2 Å². The van der Waals surface area contributed by atoms with E-state index in [1.807, 2.05) is 67.5 Å². The van der Waals surface area contributed by atoms with E-state index in [0.717, 1.165) is 16.9 Å². The molecule has 0 atom stereocenters. The molecule has 1 N–H and O–H groups in total. The molecular weight excluding hydrogens is 284 g/mol. The molecule has 0 heterocycles. The van der Waals surface area contributed by atoms with Crippen molar-refractivity contribution in [1.29, 1.82) is 0 Å². The summed E-state index contributed by atoms with van der Waals surface area (Å²) in [6.07, 6.45) is 1.04. The molecule has 4 heteroatoms. The lowest BCUT2D eigenvalue weighted by molar-refractivity contribution is -0.116. The normalized spacial score (nSPS) is 10.2. The molecule has 0 aliphatic heterocycles. The van der Waals surface area contributed by atoms with Gasteiger partial charge in [0.1, 0.15) is 0 Å². The Bertz CT molecular complexity index is 626. The second-order valence-corrected chi connectivity index (χ2v) is 5.46. The number of nitrogens with zero attached hydrogens (tertiary/aromatic N) is 1. The van der Waals surface area contributed by atoms with Crippen LogP contribution in [0.1, 0.15) is 12.0 Å². The predicted molar refractivity (Wildman–Crippen MR) is 89.2 cm³/mol. The highest BCUT2D eigenvalue weighted by atomic mass is 35.5. The van der Waals surface area contributed by atoms with Crippen molar-refractivity contribution >= 4 is 28.9 Å². The second kappa shape index (κ2) is 7.14. The van der Waals surface area contributed by atoms with E-state index in [9.17, 15) is 4.79 Å². The van der Waals surface area contributed by atoms with Gasteiger partial charge < -0.3 is 10.2 Å². The van der Waals surface area contributed by atoms with Gasteiger partial charge in [0.2, 0.25) is 5.91 Å². The van der Waals surface area contributed by atoms with Gasteiger partial charge in [-0.1, -0.05) is 41.9 Å². The maximum atomic E-state index is 12.1. The summed E-state index contributed by atoms with van der Waals surface area (Å²) in [6.45, 7) is 0. The average molecular weight is 303 g/mol. The third kappa shape index (κ3) is 4.23. The standard InChI is InChI=1S/C17H19ClN2O/c1-20(2)16-10-6-5-9-15(16)19-17(21)12-11-13-7-3-4-8-14(13)18/h3-10H,11-12H2,1-2H3,(H,19,21). The first-order chi connectivity index (χ1) is 10.1. The van der Waals surface area contributed by atoms with Crippen molar-refractivity contribution in [2.75, 3.05) is 24.3 Å². The van der Waals surface area contributed by atoms with Crippen LogP contribution in [0.5, 0.6) is 0 Å². The van der Waals surface area contributed by atoms with E-state index in [4.69, 9.17) is 11.6 Å². The Morgan fingerprint density at radius 1 is 1.10 bits per heavy atom. The summed E-state index contributed by atoms with van der Waals surface area (Å²) in [4.78, 5) is 14.1. The van der Waals surface area contributed by atoms with Gasteiger partial charge in [-0.15, -0.1) is 0 Å². The van der Waals surface area contributed by atoms with Gasteiger partial charge in [0.05, 0.1) is 11.4 Å². The molecule has 0 fully saturated rings. The lowest BCUT2D eigenvalue weighted by atomic mass is 10.1. The zero-order valence-electron chi connectivity index (χ0n) is 12.3. The molecule has 0 saturated carbocycles. The number of anilines is 2. The van der Waals surface area contributed by atoms with Crippen molar-refractivity contribution in [3.05, 3.63) is 59.1 Å². The fraction of sp³-hybridized carbons (Fsp3) is 0.235. The number of halogens is 1. The number of hydrogen-bond acceptors (Lipinski definition) is 2. The third-order valence-corrected chi connectivity index (χ3v) is 3.61. The summed E-state index contributed by atoms with van der Waals surface area (Å²) < 4.78 is 0. The van der Waals surface area contributed by atoms with Crippen molar-refractivity contribution < 1.29 is 4.79 Å². The zero-order valence-corrected chi connectivity index (χ0v) is 13.0. The Morgan fingerprint density at radius 2 is 1.76 bits per heavy atom. The van der Waals surface area contributed by atoms with Gasteiger partial charge in [0, 0.05) is 25.5 Å². The fourth-order valence-electron chi connectivity index (χ4n) is 2.13. The number of benzene rings is 2. The number of amides is 1. The molecule has 0 spiro atoms. The van der Waals surface area contributed by atoms with E-state index in [1.54, 1.807) is 0 Å². The van der Waals surface area contributed by atoms with Gasteiger partial charge in [-0.25, -0.2) is 0 Å². The monoisotopic (exact) mass is 302 g/mol. The van der Waals surface area contributed by atoms with E-state index in [0.29, 0.717) is 17.9 Å². The minimum absolute atomic E-state index is 0.00998. The average Bonchev–Trinajstić information content (AvgIpc) is 2.47. The summed E-state index contributed by atoms with van der Waals surface area (Å²) in [5.41, 5.74) is 2.81. The van der Waals surface area contributed by atoms with Crippen LogP contribution in [-0.2, 0) is 11.2 Å². The van der Waals surface area contributed by atoms with Gasteiger partial charge in [0.15, 0.2) is 0 Å². The summed E-state index contributed by atoms with van der Waals surface area (Å²) in [6, 6.07) is 15.4. The van der Waals surface area contributed by atoms with Crippen molar-refractivity contribution in [2.45, 2.75) is 12.8 Å². The Kier molecular flexibility index (Phi) is 5.23. The van der Waals surface area contributed by atoms with Gasteiger partial charge in [-0.2, -0.15) is 0 Å². The Hall–Kier alpha value is -2.00. The molecule has 0 bridgehead atoms. The van der Waals surface area contributed by atoms with Gasteiger partial charge in [0.25, 0.3) is 0 Å². The maximum absolute atomic E-state index is 12.1. The van der Waals surface area contributed by atoms with Crippen LogP contribution in [0.3, 0.4) is 0 Å². The summed E-state index contributed by atoms with van der Waals surface area (Å²) in [5.74, 6) is -0.00998. The molecule has 0 aliphatic rings. The largest absolute Gasteiger partial charge is 0.376 e. The van der Waals surface area contributed by atoms with Gasteiger partial charge in [-0.3, -0.25) is 4.79 Å². The second-order valence-electron chi connectivity index (χ2n) is 5.05. The molecule has 0 saturated heterocycles. The molecule has 3 nitrogen and oxygen atoms in total. The van der Waals surface area contributed by atoms with Crippen LogP contribution in [0.15, 0.2) is 48.5 Å². The van der Waals surface area contributed by atoms with Crippen LogP contribution >= 0.6 is 11.6 Å². The Morgan fingerprint density at radius 3 is 2.48 bits per heavy atom. The molecule has 0 aromatic heterocycles. The molecule has 2 rings (SSSR count). The highest BCUT2D eigenvalue weighted by molar-refractivity contribution is 6.31. The molecule has 2 aromatic rings. The van der Waals surface area contributed by atoms with Crippen LogP contribution in [-0.4, -0.2) is 20.0 Å². The first-order valence-electron chi connectivity index (χ1n) is 6.87. The van der Waals surface area contributed by atoms with Crippen molar-refractivity contribution in [3.63, 3.8) is 0 Å². The highest BCUT2D eigenvalue weighted by Crippen LogP contribution is 2.24. The minimum Gasteiger partial charge on any atom is -0.376 e. The number of carbonyl (C=O) groups excluding carboxylic acids is 1. The quantitative estimate of drug-likeness (QED) is 0.906. The molecule has 0 radical (unpaired) electrons. The molecule has 0 unspecified atom stereocenters. The van der Waals surface area contributed by atoms with Crippen LogP contribution in [0.25, 0.3) is 0 Å². The number of para-hydroxylation sites is 2. The number of rotatable bonds is 5. The number of nitrogens with one attached hydrogen (secondary N) is 1. The molecule has 21 heavy (non-hydrogen) atoms. The van der Waals surface area contributed by atoms with E-state index in [2.05, 4.69) is 5.32 Å². The molecule has 110 valence electrons. The first-order valence-corrected chi connectivity index (χ1v) is 7.25. The van der Waals surface area contributed by atoms with Crippen molar-refractivity contribution in [2.24, 2.45) is 0 Å². The van der Waals surface area contributed by atoms with E-state index >= 15 is 0 Å². The number of hydrogen-bond donors (Lipinski definition) is 1. The first kappa shape index (κ1) is 15.4. The molecule has 1 amide bonds. The van der Waals surface area contributed by atoms with Crippen LogP contribution in [0, 0.1) is 0 Å². The van der Waals surface area contributed by atoms with E-state index in [-0.39, 0.29) is 5.91 Å². The number of carbonyl (C=O) groups is 1. The highest BCUT2D eigenvalue weighted by Gasteiger charge is 2.09. The molecule has 0 aliphatic carbocycles. The third-order valence-electron chi connectivity index (χ3n) is 3.24. The van der Waals surface area contributed by atoms with Crippen molar-refractivity contribution in [3.8, 4) is 0 Å². The lowest BCUT2D eigenvalue weighted by Gasteiger charge is -2.17. The van der Waals surface area contributed by atoms with Gasteiger partial charge >= 0.3 is 0 Å². The fourth-order valence-corrected chi connectivity index (χ4v) is 2.36. The minimum atomic E-state index is -0.00998.